The summed E-state index contributed by atoms with van der Waals surface area (Å²) in [6.45, 7) is 10.6. The maximum absolute atomic E-state index is 12.2. The van der Waals surface area contributed by atoms with Crippen molar-refractivity contribution in [1.29, 1.82) is 0 Å². The highest BCUT2D eigenvalue weighted by atomic mass is 35.5. The fraction of sp³-hybridized carbons (Fsp3) is 0.500. The molecule has 2 N–H and O–H groups in total. The first-order valence-corrected chi connectivity index (χ1v) is 8.31. The molecule has 0 saturated carbocycles. The van der Waals surface area contributed by atoms with Gasteiger partial charge in [-0.3, -0.25) is 4.79 Å². The van der Waals surface area contributed by atoms with Crippen LogP contribution in [0.4, 0.5) is 0 Å². The minimum atomic E-state index is -0.104. The van der Waals surface area contributed by atoms with Crippen molar-refractivity contribution in [1.82, 2.24) is 20.8 Å². The SMILES string of the molecule is CCNCCNC(=O)c1cccc(-c2noc(CC(C)(C)C)n2)c1.Cl. The topological polar surface area (TPSA) is 80.0 Å². The molecule has 0 aliphatic carbocycles. The van der Waals surface area contributed by atoms with Crippen molar-refractivity contribution in [2.75, 3.05) is 19.6 Å². The van der Waals surface area contributed by atoms with Gasteiger partial charge in [0.1, 0.15) is 0 Å². The Bertz CT molecular complexity index is 680. The Labute approximate surface area is 155 Å². The molecule has 0 fully saturated rings. The maximum atomic E-state index is 12.2. The molecule has 7 heteroatoms. The van der Waals surface area contributed by atoms with Crippen molar-refractivity contribution in [3.8, 4) is 11.4 Å². The first kappa shape index (κ1) is 21.1. The number of carbonyl (C=O) groups excluding carboxylic acids is 1. The molecule has 0 aliphatic rings. The van der Waals surface area contributed by atoms with Gasteiger partial charge in [-0.2, -0.15) is 4.98 Å². The monoisotopic (exact) mass is 366 g/mol. The predicted octanol–water partition coefficient (Wildman–Crippen LogP) is 3.09. The number of nitrogens with one attached hydrogen (secondary N) is 2. The van der Waals surface area contributed by atoms with Crippen LogP contribution in [-0.4, -0.2) is 35.7 Å². The summed E-state index contributed by atoms with van der Waals surface area (Å²) in [7, 11) is 0. The maximum Gasteiger partial charge on any atom is 0.251 e. The van der Waals surface area contributed by atoms with Gasteiger partial charge in [-0.05, 0) is 24.1 Å². The molecule has 0 unspecified atom stereocenters. The number of halogens is 1. The number of nitrogens with zero attached hydrogens (tertiary/aromatic N) is 2. The van der Waals surface area contributed by atoms with Crippen LogP contribution < -0.4 is 10.6 Å². The lowest BCUT2D eigenvalue weighted by molar-refractivity contribution is 0.0954. The molecule has 0 radical (unpaired) electrons. The van der Waals surface area contributed by atoms with Crippen LogP contribution in [0.5, 0.6) is 0 Å². The molecular formula is C18H27ClN4O2. The van der Waals surface area contributed by atoms with Gasteiger partial charge >= 0.3 is 0 Å². The van der Waals surface area contributed by atoms with E-state index in [4.69, 9.17) is 4.52 Å². The summed E-state index contributed by atoms with van der Waals surface area (Å²) in [5, 5.41) is 10.1. The molecule has 0 bridgehead atoms. The molecule has 138 valence electrons. The van der Waals surface area contributed by atoms with E-state index in [9.17, 15) is 4.79 Å². The van der Waals surface area contributed by atoms with Gasteiger partial charge < -0.3 is 15.2 Å². The van der Waals surface area contributed by atoms with E-state index < -0.39 is 0 Å². The third-order valence-electron chi connectivity index (χ3n) is 3.37. The smallest absolute Gasteiger partial charge is 0.251 e. The van der Waals surface area contributed by atoms with Crippen LogP contribution in [0.25, 0.3) is 11.4 Å². The van der Waals surface area contributed by atoms with Gasteiger partial charge in [0.2, 0.25) is 11.7 Å². The summed E-state index contributed by atoms with van der Waals surface area (Å²) in [6.07, 6.45) is 0.713. The van der Waals surface area contributed by atoms with Crippen LogP contribution in [0.1, 0.15) is 43.9 Å². The second-order valence-corrected chi connectivity index (χ2v) is 6.94. The van der Waals surface area contributed by atoms with Gasteiger partial charge in [-0.15, -0.1) is 12.4 Å². The number of likely N-dealkylation sites (N-methyl/N-ethyl adjacent to an activating group) is 1. The summed E-state index contributed by atoms with van der Waals surface area (Å²) < 4.78 is 5.32. The predicted molar refractivity (Wildman–Crippen MR) is 101 cm³/mol. The largest absolute Gasteiger partial charge is 0.351 e. The Morgan fingerprint density at radius 2 is 2.00 bits per heavy atom. The first-order valence-electron chi connectivity index (χ1n) is 8.31. The molecule has 25 heavy (non-hydrogen) atoms. The molecule has 2 rings (SSSR count). The average molecular weight is 367 g/mol. The highest BCUT2D eigenvalue weighted by Gasteiger charge is 2.17. The lowest BCUT2D eigenvalue weighted by atomic mass is 9.92. The third-order valence-corrected chi connectivity index (χ3v) is 3.37. The third kappa shape index (κ3) is 6.84. The second kappa shape index (κ2) is 9.53. The summed E-state index contributed by atoms with van der Waals surface area (Å²) >= 11 is 0. The van der Waals surface area contributed by atoms with E-state index in [-0.39, 0.29) is 23.7 Å². The number of rotatable bonds is 7. The van der Waals surface area contributed by atoms with E-state index in [0.29, 0.717) is 30.2 Å². The number of hydrogen-bond acceptors (Lipinski definition) is 5. The van der Waals surface area contributed by atoms with Crippen molar-refractivity contribution in [3.63, 3.8) is 0 Å². The number of amides is 1. The molecule has 2 aromatic rings. The van der Waals surface area contributed by atoms with Crippen molar-refractivity contribution < 1.29 is 9.32 Å². The molecule has 1 amide bonds. The Kier molecular flexibility index (Phi) is 8.06. The minimum Gasteiger partial charge on any atom is -0.351 e. The van der Waals surface area contributed by atoms with Crippen molar-refractivity contribution in [3.05, 3.63) is 35.7 Å². The van der Waals surface area contributed by atoms with E-state index in [1.54, 1.807) is 12.1 Å². The van der Waals surface area contributed by atoms with Gasteiger partial charge in [-0.25, -0.2) is 0 Å². The average Bonchev–Trinajstić information content (AvgIpc) is 2.98. The summed E-state index contributed by atoms with van der Waals surface area (Å²) in [6, 6.07) is 7.27. The molecular weight excluding hydrogens is 340 g/mol. The van der Waals surface area contributed by atoms with Gasteiger partial charge in [0, 0.05) is 30.6 Å². The lowest BCUT2D eigenvalue weighted by Gasteiger charge is -2.13. The van der Waals surface area contributed by atoms with Gasteiger partial charge in [0.25, 0.3) is 5.91 Å². The van der Waals surface area contributed by atoms with E-state index >= 15 is 0 Å². The van der Waals surface area contributed by atoms with Crippen LogP contribution in [0.2, 0.25) is 0 Å². The van der Waals surface area contributed by atoms with Crippen molar-refractivity contribution in [2.24, 2.45) is 5.41 Å². The van der Waals surface area contributed by atoms with E-state index in [0.717, 1.165) is 18.7 Å². The molecule has 0 saturated heterocycles. The highest BCUT2D eigenvalue weighted by molar-refractivity contribution is 5.95. The van der Waals surface area contributed by atoms with Gasteiger partial charge in [-0.1, -0.05) is 45.0 Å². The number of benzene rings is 1. The molecule has 0 atom stereocenters. The van der Waals surface area contributed by atoms with Crippen LogP contribution in [0.3, 0.4) is 0 Å². The Hall–Kier alpha value is -1.92. The Morgan fingerprint density at radius 1 is 1.24 bits per heavy atom. The Balaban J connectivity index is 0.00000312. The number of hydrogen-bond donors (Lipinski definition) is 2. The summed E-state index contributed by atoms with van der Waals surface area (Å²) in [4.78, 5) is 16.6. The number of aromatic nitrogens is 2. The molecule has 0 aliphatic heterocycles. The van der Waals surface area contributed by atoms with E-state index in [1.807, 2.05) is 19.1 Å². The quantitative estimate of drug-likeness (QED) is 0.736. The Morgan fingerprint density at radius 3 is 2.68 bits per heavy atom. The molecule has 0 spiro atoms. The van der Waals surface area contributed by atoms with Crippen LogP contribution >= 0.6 is 12.4 Å². The van der Waals surface area contributed by atoms with Crippen molar-refractivity contribution in [2.45, 2.75) is 34.1 Å². The van der Waals surface area contributed by atoms with Gasteiger partial charge in [0.15, 0.2) is 0 Å². The molecule has 6 nitrogen and oxygen atoms in total. The number of carbonyl (C=O) groups is 1. The fourth-order valence-corrected chi connectivity index (χ4v) is 2.24. The van der Waals surface area contributed by atoms with E-state index in [2.05, 4.69) is 41.5 Å². The summed E-state index contributed by atoms with van der Waals surface area (Å²) in [5.41, 5.74) is 1.45. The second-order valence-electron chi connectivity index (χ2n) is 6.94. The lowest BCUT2D eigenvalue weighted by Crippen LogP contribution is -2.31. The van der Waals surface area contributed by atoms with Crippen molar-refractivity contribution >= 4 is 18.3 Å². The summed E-state index contributed by atoms with van der Waals surface area (Å²) in [5.74, 6) is 1.02. The zero-order valence-electron chi connectivity index (χ0n) is 15.3. The minimum absolute atomic E-state index is 0. The molecule has 1 aromatic carbocycles. The van der Waals surface area contributed by atoms with Crippen LogP contribution in [0, 0.1) is 5.41 Å². The van der Waals surface area contributed by atoms with Gasteiger partial charge in [0.05, 0.1) is 0 Å². The van der Waals surface area contributed by atoms with Crippen LogP contribution in [-0.2, 0) is 6.42 Å². The standard InChI is InChI=1S/C18H26N4O2.ClH/c1-5-19-9-10-20-17(23)14-8-6-7-13(11-14)16-21-15(24-22-16)12-18(2,3)4;/h6-8,11,19H,5,9-10,12H2,1-4H3,(H,20,23);1H. The normalized spacial score (nSPS) is 11.0. The highest BCUT2D eigenvalue weighted by Crippen LogP contribution is 2.22. The molecule has 1 aromatic heterocycles. The van der Waals surface area contributed by atoms with Crippen LogP contribution in [0.15, 0.2) is 28.8 Å². The van der Waals surface area contributed by atoms with E-state index in [1.165, 1.54) is 0 Å². The molecule has 1 heterocycles. The first-order chi connectivity index (χ1) is 11.4. The zero-order valence-corrected chi connectivity index (χ0v) is 16.1. The zero-order chi connectivity index (χ0) is 17.6. The fourth-order valence-electron chi connectivity index (χ4n) is 2.24.